The van der Waals surface area contributed by atoms with E-state index in [2.05, 4.69) is 22.6 Å². The summed E-state index contributed by atoms with van der Waals surface area (Å²) in [6.45, 7) is 6.62. The summed E-state index contributed by atoms with van der Waals surface area (Å²) >= 11 is 0. The number of carbonyl (C=O) groups is 2. The minimum atomic E-state index is -1.26. The molecule has 0 spiro atoms. The highest BCUT2D eigenvalue weighted by molar-refractivity contribution is 7.59. The molecular formula is C8H14O6S. The monoisotopic (exact) mass is 238 g/mol. The van der Waals surface area contributed by atoms with Crippen molar-refractivity contribution in [2.45, 2.75) is 0 Å². The van der Waals surface area contributed by atoms with Gasteiger partial charge in [-0.05, 0) is 0 Å². The van der Waals surface area contributed by atoms with Crippen LogP contribution in [-0.4, -0.2) is 35.7 Å². The lowest BCUT2D eigenvalue weighted by Crippen LogP contribution is -1.98. The van der Waals surface area contributed by atoms with Gasteiger partial charge >= 0.3 is 12.3 Å². The zero-order chi connectivity index (χ0) is 11.4. The summed E-state index contributed by atoms with van der Waals surface area (Å²) in [5.41, 5.74) is 0. The Morgan fingerprint density at radius 1 is 1.00 bits per heavy atom. The Bertz CT molecular complexity index is 181. The maximum absolute atomic E-state index is 9.49. The molecule has 0 aromatic carbocycles. The molecule has 0 rings (SSSR count). The summed E-state index contributed by atoms with van der Waals surface area (Å²) in [7, 11) is 0. The molecule has 0 aliphatic rings. The zero-order valence-corrected chi connectivity index (χ0v) is 9.01. The van der Waals surface area contributed by atoms with Crippen molar-refractivity contribution in [1.29, 1.82) is 0 Å². The smallest absolute Gasteiger partial charge is 0.450 e. The third kappa shape index (κ3) is 32.8. The van der Waals surface area contributed by atoms with Gasteiger partial charge in [-0.25, -0.2) is 9.59 Å². The molecule has 0 atom stereocenters. The zero-order valence-electron chi connectivity index (χ0n) is 8.01. The highest BCUT2D eigenvalue weighted by atomic mass is 32.1. The summed E-state index contributed by atoms with van der Waals surface area (Å²) in [5, 5.41) is 15.5. The molecule has 7 heteroatoms. The maximum Gasteiger partial charge on any atom is 0.506 e. The van der Waals surface area contributed by atoms with Gasteiger partial charge in [0.25, 0.3) is 0 Å². The van der Waals surface area contributed by atoms with E-state index in [1.807, 2.05) is 0 Å². The molecular weight excluding hydrogens is 224 g/mol. The quantitative estimate of drug-likeness (QED) is 0.573. The van der Waals surface area contributed by atoms with Crippen molar-refractivity contribution in [3.63, 3.8) is 0 Å². The molecule has 0 unspecified atom stereocenters. The summed E-state index contributed by atoms with van der Waals surface area (Å²) in [4.78, 5) is 19.0. The lowest BCUT2D eigenvalue weighted by atomic mass is 10.7. The Morgan fingerprint density at radius 3 is 1.33 bits per heavy atom. The normalized spacial score (nSPS) is 6.93. The van der Waals surface area contributed by atoms with Crippen LogP contribution in [0.25, 0.3) is 0 Å². The maximum atomic E-state index is 9.49. The van der Waals surface area contributed by atoms with Gasteiger partial charge in [0.2, 0.25) is 0 Å². The predicted molar refractivity (Wildman–Crippen MR) is 58.7 cm³/mol. The fourth-order valence-electron chi connectivity index (χ4n) is 0.260. The van der Waals surface area contributed by atoms with Crippen LogP contribution in [0.15, 0.2) is 25.3 Å². The van der Waals surface area contributed by atoms with Crippen molar-refractivity contribution in [3.8, 4) is 0 Å². The second-order valence-corrected chi connectivity index (χ2v) is 1.73. The van der Waals surface area contributed by atoms with Crippen LogP contribution in [0.3, 0.4) is 0 Å². The topological polar surface area (TPSA) is 93.1 Å². The van der Waals surface area contributed by atoms with Crippen molar-refractivity contribution in [1.82, 2.24) is 0 Å². The standard InChI is InChI=1S/2C4H6O3.H2S/c2*1-2-3-7-4(5)6;/h2*2H,1,3H2,(H,5,6);1H2. The largest absolute Gasteiger partial charge is 0.506 e. The summed E-state index contributed by atoms with van der Waals surface area (Å²) in [6, 6.07) is 0. The summed E-state index contributed by atoms with van der Waals surface area (Å²) in [5.74, 6) is 0. The van der Waals surface area contributed by atoms with Crippen LogP contribution >= 0.6 is 13.5 Å². The Kier molecular flexibility index (Phi) is 18.9. The van der Waals surface area contributed by atoms with Crippen LogP contribution in [0.2, 0.25) is 0 Å². The van der Waals surface area contributed by atoms with Crippen LogP contribution < -0.4 is 0 Å². The van der Waals surface area contributed by atoms with E-state index in [4.69, 9.17) is 10.2 Å². The van der Waals surface area contributed by atoms with Crippen molar-refractivity contribution in [3.05, 3.63) is 25.3 Å². The lowest BCUT2D eigenvalue weighted by Gasteiger charge is -1.88. The van der Waals surface area contributed by atoms with Crippen LogP contribution in [-0.2, 0) is 9.47 Å². The van der Waals surface area contributed by atoms with E-state index in [0.717, 1.165) is 0 Å². The second kappa shape index (κ2) is 14.9. The van der Waals surface area contributed by atoms with Crippen molar-refractivity contribution in [2.24, 2.45) is 0 Å². The predicted octanol–water partition coefficient (Wildman–Crippen LogP) is 1.85. The Balaban J connectivity index is -0.000000180. The molecule has 0 aromatic heterocycles. The highest BCUT2D eigenvalue weighted by Crippen LogP contribution is 1.73. The fraction of sp³-hybridized carbons (Fsp3) is 0.250. The van der Waals surface area contributed by atoms with E-state index < -0.39 is 12.3 Å². The van der Waals surface area contributed by atoms with E-state index in [1.54, 1.807) is 0 Å². The minimum absolute atomic E-state index is 0. The van der Waals surface area contributed by atoms with Crippen LogP contribution in [0.4, 0.5) is 9.59 Å². The molecule has 15 heavy (non-hydrogen) atoms. The first-order valence-corrected chi connectivity index (χ1v) is 3.47. The van der Waals surface area contributed by atoms with Crippen LogP contribution in [0.1, 0.15) is 0 Å². The molecule has 0 aliphatic heterocycles. The second-order valence-electron chi connectivity index (χ2n) is 1.73. The Hall–Kier alpha value is -1.63. The molecule has 0 heterocycles. The molecule has 0 fully saturated rings. The molecule has 6 nitrogen and oxygen atoms in total. The van der Waals surface area contributed by atoms with Gasteiger partial charge in [-0.2, -0.15) is 13.5 Å². The average molecular weight is 238 g/mol. The molecule has 0 aliphatic carbocycles. The molecule has 0 saturated carbocycles. The SMILES string of the molecule is C=CCOC(=O)O.C=CCOC(=O)O.S. The van der Waals surface area contributed by atoms with Crippen LogP contribution in [0.5, 0.6) is 0 Å². The number of hydrogen-bond donors (Lipinski definition) is 2. The molecule has 0 saturated heterocycles. The van der Waals surface area contributed by atoms with Gasteiger partial charge in [0.15, 0.2) is 0 Å². The summed E-state index contributed by atoms with van der Waals surface area (Å²) < 4.78 is 7.98. The van der Waals surface area contributed by atoms with Crippen molar-refractivity contribution >= 4 is 25.8 Å². The molecule has 0 bridgehead atoms. The third-order valence-electron chi connectivity index (χ3n) is 0.649. The Morgan fingerprint density at radius 2 is 1.27 bits per heavy atom. The van der Waals surface area contributed by atoms with Gasteiger partial charge in [0.1, 0.15) is 13.2 Å². The van der Waals surface area contributed by atoms with E-state index in [-0.39, 0.29) is 26.7 Å². The summed E-state index contributed by atoms with van der Waals surface area (Å²) in [6.07, 6.45) is 0.210. The molecule has 0 aromatic rings. The highest BCUT2D eigenvalue weighted by Gasteiger charge is 1.88. The van der Waals surface area contributed by atoms with E-state index in [9.17, 15) is 9.59 Å². The van der Waals surface area contributed by atoms with Crippen molar-refractivity contribution < 1.29 is 29.3 Å². The van der Waals surface area contributed by atoms with Crippen LogP contribution in [0, 0.1) is 0 Å². The first-order chi connectivity index (χ1) is 6.54. The number of rotatable bonds is 4. The Labute approximate surface area is 94.3 Å². The molecule has 0 radical (unpaired) electrons. The number of hydrogen-bond acceptors (Lipinski definition) is 4. The first kappa shape index (κ1) is 19.0. The number of carboxylic acid groups (broad SMARTS) is 2. The third-order valence-corrected chi connectivity index (χ3v) is 0.649. The fourth-order valence-corrected chi connectivity index (χ4v) is 0.260. The number of ether oxygens (including phenoxy) is 2. The average Bonchev–Trinajstić information content (AvgIpc) is 2.12. The molecule has 0 amide bonds. The van der Waals surface area contributed by atoms with Gasteiger partial charge in [0.05, 0.1) is 0 Å². The van der Waals surface area contributed by atoms with Gasteiger partial charge in [0, 0.05) is 0 Å². The van der Waals surface area contributed by atoms with Gasteiger partial charge in [-0.3, -0.25) is 0 Å². The van der Waals surface area contributed by atoms with Gasteiger partial charge in [-0.1, -0.05) is 25.3 Å². The van der Waals surface area contributed by atoms with E-state index in [0.29, 0.717) is 0 Å². The van der Waals surface area contributed by atoms with Crippen molar-refractivity contribution in [2.75, 3.05) is 13.2 Å². The molecule has 2 N–H and O–H groups in total. The first-order valence-electron chi connectivity index (χ1n) is 3.47. The lowest BCUT2D eigenvalue weighted by molar-refractivity contribution is 0.101. The van der Waals surface area contributed by atoms with E-state index >= 15 is 0 Å². The van der Waals surface area contributed by atoms with E-state index in [1.165, 1.54) is 12.2 Å². The van der Waals surface area contributed by atoms with Gasteiger partial charge < -0.3 is 19.7 Å². The molecule has 88 valence electrons. The van der Waals surface area contributed by atoms with Gasteiger partial charge in [-0.15, -0.1) is 0 Å². The minimum Gasteiger partial charge on any atom is -0.450 e.